The van der Waals surface area contributed by atoms with E-state index >= 15 is 0 Å². The van der Waals surface area contributed by atoms with Gasteiger partial charge in [0.25, 0.3) is 0 Å². The molecule has 0 aliphatic rings. The lowest BCUT2D eigenvalue weighted by molar-refractivity contribution is -0.137. The number of alkyl halides is 3. The number of carbonyl (C=O) groups is 1. The molecule has 162 valence electrons. The quantitative estimate of drug-likeness (QED) is 0.670. The second-order valence-corrected chi connectivity index (χ2v) is 8.86. The molecule has 0 saturated carbocycles. The molecule has 1 unspecified atom stereocenters. The summed E-state index contributed by atoms with van der Waals surface area (Å²) < 4.78 is 77.7. The maximum absolute atomic E-state index is 14.0. The molecule has 0 spiro atoms. The van der Waals surface area contributed by atoms with E-state index in [0.29, 0.717) is 6.07 Å². The zero-order chi connectivity index (χ0) is 23.4. The lowest BCUT2D eigenvalue weighted by Crippen LogP contribution is -2.28. The Morgan fingerprint density at radius 2 is 1.71 bits per heavy atom. The molecule has 0 aromatic heterocycles. The average Bonchev–Trinajstić information content (AvgIpc) is 2.71. The van der Waals surface area contributed by atoms with Gasteiger partial charge in [-0.2, -0.15) is 23.7 Å². The molecular formula is C20H15F4N3O3S. The molecule has 2 aromatic rings. The third-order valence-corrected chi connectivity index (χ3v) is 6.13. The number of hydrogen-bond acceptors (Lipinski definition) is 5. The van der Waals surface area contributed by atoms with Crippen LogP contribution in [-0.2, 0) is 20.8 Å². The van der Waals surface area contributed by atoms with Gasteiger partial charge in [0.15, 0.2) is 9.84 Å². The van der Waals surface area contributed by atoms with E-state index in [1.807, 2.05) is 0 Å². The second kappa shape index (κ2) is 9.14. The van der Waals surface area contributed by atoms with Gasteiger partial charge in [-0.15, -0.1) is 0 Å². The molecule has 2 aromatic carbocycles. The Kier molecular flexibility index (Phi) is 7.03. The normalized spacial score (nSPS) is 12.5. The minimum absolute atomic E-state index is 0.0595. The standard InChI is InChI=1S/C20H15F4N3O3S/c1-2-31(29,30)11-16(12-3-4-14(10-26)18(21)7-12)19(28)27-15-6-5-13(9-25)17(8-15)20(22,23)24/h3-8,16H,2,11H2,1H3,(H,27,28). The molecule has 0 heterocycles. The van der Waals surface area contributed by atoms with E-state index in [-0.39, 0.29) is 22.6 Å². The van der Waals surface area contributed by atoms with Gasteiger partial charge in [-0.3, -0.25) is 4.79 Å². The van der Waals surface area contributed by atoms with E-state index in [0.717, 1.165) is 24.3 Å². The first-order valence-corrected chi connectivity index (χ1v) is 10.6. The van der Waals surface area contributed by atoms with Gasteiger partial charge in [-0.05, 0) is 35.9 Å². The maximum atomic E-state index is 14.0. The highest BCUT2D eigenvalue weighted by atomic mass is 32.2. The first-order chi connectivity index (χ1) is 14.4. The van der Waals surface area contributed by atoms with Crippen molar-refractivity contribution >= 4 is 21.4 Å². The fraction of sp³-hybridized carbons (Fsp3) is 0.250. The zero-order valence-electron chi connectivity index (χ0n) is 16.0. The number of carbonyl (C=O) groups excluding carboxylic acids is 1. The minimum atomic E-state index is -4.85. The monoisotopic (exact) mass is 453 g/mol. The van der Waals surface area contributed by atoms with Crippen LogP contribution in [0.1, 0.15) is 35.1 Å². The summed E-state index contributed by atoms with van der Waals surface area (Å²) in [5, 5.41) is 19.9. The Balaban J connectivity index is 2.46. The fourth-order valence-corrected chi connectivity index (χ4v) is 3.80. The lowest BCUT2D eigenvalue weighted by atomic mass is 9.98. The average molecular weight is 453 g/mol. The molecule has 1 amide bonds. The molecule has 2 rings (SSSR count). The second-order valence-electron chi connectivity index (χ2n) is 6.46. The molecule has 1 atom stereocenters. The van der Waals surface area contributed by atoms with Gasteiger partial charge in [0, 0.05) is 11.4 Å². The van der Waals surface area contributed by atoms with Gasteiger partial charge in [-0.25, -0.2) is 12.8 Å². The van der Waals surface area contributed by atoms with Gasteiger partial charge < -0.3 is 5.32 Å². The van der Waals surface area contributed by atoms with Crippen molar-refractivity contribution in [1.29, 1.82) is 10.5 Å². The van der Waals surface area contributed by atoms with Crippen LogP contribution in [0.3, 0.4) is 0 Å². The molecule has 31 heavy (non-hydrogen) atoms. The maximum Gasteiger partial charge on any atom is 0.417 e. The number of sulfone groups is 1. The topological polar surface area (TPSA) is 111 Å². The first-order valence-electron chi connectivity index (χ1n) is 8.74. The summed E-state index contributed by atoms with van der Waals surface area (Å²) >= 11 is 0. The molecule has 0 radical (unpaired) electrons. The number of benzene rings is 2. The number of nitriles is 2. The van der Waals surface area contributed by atoms with Crippen molar-refractivity contribution < 1.29 is 30.8 Å². The van der Waals surface area contributed by atoms with Crippen LogP contribution in [0.2, 0.25) is 0 Å². The number of amides is 1. The molecule has 0 bridgehead atoms. The molecule has 6 nitrogen and oxygen atoms in total. The van der Waals surface area contributed by atoms with Crippen molar-refractivity contribution in [2.45, 2.75) is 19.0 Å². The van der Waals surface area contributed by atoms with E-state index in [1.54, 1.807) is 6.07 Å². The van der Waals surface area contributed by atoms with Crippen molar-refractivity contribution in [3.05, 3.63) is 64.5 Å². The molecule has 0 fully saturated rings. The smallest absolute Gasteiger partial charge is 0.326 e. The highest BCUT2D eigenvalue weighted by Gasteiger charge is 2.34. The SMILES string of the molecule is CCS(=O)(=O)CC(C(=O)Nc1ccc(C#N)c(C(F)(F)F)c1)c1ccc(C#N)c(F)c1. The fourth-order valence-electron chi connectivity index (χ4n) is 2.72. The number of rotatable bonds is 6. The lowest BCUT2D eigenvalue weighted by Gasteiger charge is -2.18. The Hall–Kier alpha value is -3.44. The Morgan fingerprint density at radius 3 is 2.23 bits per heavy atom. The van der Waals surface area contributed by atoms with Crippen LogP contribution in [0, 0.1) is 28.5 Å². The molecule has 0 saturated heterocycles. The van der Waals surface area contributed by atoms with E-state index in [2.05, 4.69) is 5.32 Å². The minimum Gasteiger partial charge on any atom is -0.326 e. The summed E-state index contributed by atoms with van der Waals surface area (Å²) in [6.45, 7) is 1.35. The molecule has 1 N–H and O–H groups in total. The van der Waals surface area contributed by atoms with Crippen molar-refractivity contribution in [1.82, 2.24) is 0 Å². The first kappa shape index (κ1) is 23.8. The van der Waals surface area contributed by atoms with Crippen molar-refractivity contribution in [3.8, 4) is 12.1 Å². The van der Waals surface area contributed by atoms with E-state index in [1.165, 1.54) is 19.1 Å². The number of nitrogens with zero attached hydrogens (tertiary/aromatic N) is 2. The molecule has 0 aliphatic carbocycles. The van der Waals surface area contributed by atoms with E-state index in [9.17, 15) is 30.8 Å². The number of nitrogens with one attached hydrogen (secondary N) is 1. The number of hydrogen-bond donors (Lipinski definition) is 1. The largest absolute Gasteiger partial charge is 0.417 e. The van der Waals surface area contributed by atoms with Crippen molar-refractivity contribution in [3.63, 3.8) is 0 Å². The summed E-state index contributed by atoms with van der Waals surface area (Å²) in [5.74, 6) is -4.44. The third-order valence-electron chi connectivity index (χ3n) is 4.41. The van der Waals surface area contributed by atoms with Crippen molar-refractivity contribution in [2.24, 2.45) is 0 Å². The van der Waals surface area contributed by atoms with Crippen LogP contribution in [0.5, 0.6) is 0 Å². The number of anilines is 1. The highest BCUT2D eigenvalue weighted by Crippen LogP contribution is 2.34. The Labute approximate surface area is 175 Å². The van der Waals surface area contributed by atoms with Crippen LogP contribution < -0.4 is 5.32 Å². The van der Waals surface area contributed by atoms with Crippen LogP contribution in [0.25, 0.3) is 0 Å². The van der Waals surface area contributed by atoms with Gasteiger partial charge in [0.05, 0.1) is 34.4 Å². The zero-order valence-corrected chi connectivity index (χ0v) is 16.8. The summed E-state index contributed by atoms with van der Waals surface area (Å²) in [4.78, 5) is 12.8. The summed E-state index contributed by atoms with van der Waals surface area (Å²) in [6, 6.07) is 8.62. The predicted octanol–water partition coefficient (Wildman–Crippen LogP) is 3.74. The summed E-state index contributed by atoms with van der Waals surface area (Å²) in [5.41, 5.74) is -2.61. The van der Waals surface area contributed by atoms with E-state index in [4.69, 9.17) is 10.5 Å². The number of halogens is 4. The summed E-state index contributed by atoms with van der Waals surface area (Å²) in [7, 11) is -3.75. The van der Waals surface area contributed by atoms with Crippen LogP contribution in [0.15, 0.2) is 36.4 Å². The molecule has 11 heteroatoms. The molecular weight excluding hydrogens is 438 g/mol. The van der Waals surface area contributed by atoms with Gasteiger partial charge in [0.1, 0.15) is 11.9 Å². The van der Waals surface area contributed by atoms with Crippen molar-refractivity contribution in [2.75, 3.05) is 16.8 Å². The van der Waals surface area contributed by atoms with Gasteiger partial charge in [0.2, 0.25) is 5.91 Å². The molecule has 0 aliphatic heterocycles. The summed E-state index contributed by atoms with van der Waals surface area (Å²) in [6.07, 6.45) is -4.85. The Morgan fingerprint density at radius 1 is 1.10 bits per heavy atom. The van der Waals surface area contributed by atoms with Crippen LogP contribution in [-0.4, -0.2) is 25.8 Å². The van der Waals surface area contributed by atoms with Gasteiger partial charge >= 0.3 is 6.18 Å². The van der Waals surface area contributed by atoms with E-state index < -0.39 is 50.5 Å². The predicted molar refractivity (Wildman–Crippen MR) is 103 cm³/mol. The van der Waals surface area contributed by atoms with Crippen LogP contribution in [0.4, 0.5) is 23.2 Å². The van der Waals surface area contributed by atoms with Gasteiger partial charge in [-0.1, -0.05) is 13.0 Å². The van der Waals surface area contributed by atoms with Crippen LogP contribution >= 0.6 is 0 Å². The highest BCUT2D eigenvalue weighted by molar-refractivity contribution is 7.91. The Bertz CT molecular complexity index is 1200. The third kappa shape index (κ3) is 5.80.